The van der Waals surface area contributed by atoms with Gasteiger partial charge in [-0.05, 0) is 19.4 Å². The number of rotatable bonds is 6. The van der Waals surface area contributed by atoms with Crippen molar-refractivity contribution in [3.05, 3.63) is 0 Å². The van der Waals surface area contributed by atoms with Gasteiger partial charge in [0.2, 0.25) is 0 Å². The summed E-state index contributed by atoms with van der Waals surface area (Å²) in [7, 11) is 0. The normalized spacial score (nSPS) is 26.1. The molecule has 2 fully saturated rings. The Morgan fingerprint density at radius 2 is 2.29 bits per heavy atom. The predicted octanol–water partition coefficient (Wildman–Crippen LogP) is 1.09. The number of ether oxygens (including phenoxy) is 1. The lowest BCUT2D eigenvalue weighted by atomic mass is 10.2. The Morgan fingerprint density at radius 1 is 1.47 bits per heavy atom. The first-order valence-corrected chi connectivity index (χ1v) is 6.78. The summed E-state index contributed by atoms with van der Waals surface area (Å²) in [6.45, 7) is 8.20. The summed E-state index contributed by atoms with van der Waals surface area (Å²) in [5.74, 6) is 0. The molecule has 0 aromatic rings. The van der Waals surface area contributed by atoms with Crippen molar-refractivity contribution in [1.29, 1.82) is 5.26 Å². The highest BCUT2D eigenvalue weighted by Crippen LogP contribution is 2.27. The van der Waals surface area contributed by atoms with Gasteiger partial charge in [0.25, 0.3) is 0 Å². The molecule has 1 aliphatic carbocycles. The molecule has 1 aliphatic heterocycles. The zero-order valence-electron chi connectivity index (χ0n) is 10.8. The lowest BCUT2D eigenvalue weighted by Crippen LogP contribution is -2.48. The van der Waals surface area contributed by atoms with Crippen LogP contribution < -0.4 is 0 Å². The van der Waals surface area contributed by atoms with E-state index >= 15 is 0 Å². The molecule has 2 rings (SSSR count). The van der Waals surface area contributed by atoms with Crippen LogP contribution >= 0.6 is 0 Å². The molecule has 0 aromatic carbocycles. The first-order chi connectivity index (χ1) is 8.33. The Morgan fingerprint density at radius 3 is 2.94 bits per heavy atom. The second-order valence-corrected chi connectivity index (χ2v) is 5.02. The molecule has 0 N–H and O–H groups in total. The molecule has 1 unspecified atom stereocenters. The summed E-state index contributed by atoms with van der Waals surface area (Å²) in [5.41, 5.74) is 0. The molecule has 96 valence electrons. The fourth-order valence-corrected chi connectivity index (χ4v) is 2.50. The number of morpholine rings is 1. The van der Waals surface area contributed by atoms with Gasteiger partial charge >= 0.3 is 0 Å². The van der Waals surface area contributed by atoms with Gasteiger partial charge in [-0.3, -0.25) is 9.80 Å². The standard InChI is InChI=1S/C13H23N3O/c1-2-15-8-9-17-13(10-15)11-16(7-3-6-14)12-4-5-12/h12-13H,2-5,7-11H2,1H3. The summed E-state index contributed by atoms with van der Waals surface area (Å²) in [4.78, 5) is 4.90. The largest absolute Gasteiger partial charge is 0.374 e. The van der Waals surface area contributed by atoms with Gasteiger partial charge in [-0.15, -0.1) is 0 Å². The van der Waals surface area contributed by atoms with E-state index in [0.717, 1.165) is 45.4 Å². The average molecular weight is 237 g/mol. The topological polar surface area (TPSA) is 39.5 Å². The van der Waals surface area contributed by atoms with Crippen molar-refractivity contribution in [2.24, 2.45) is 0 Å². The van der Waals surface area contributed by atoms with E-state index < -0.39 is 0 Å². The van der Waals surface area contributed by atoms with Crippen molar-refractivity contribution in [1.82, 2.24) is 9.80 Å². The molecular formula is C13H23N3O. The second kappa shape index (κ2) is 6.34. The molecule has 0 spiro atoms. The van der Waals surface area contributed by atoms with E-state index in [4.69, 9.17) is 10.00 Å². The smallest absolute Gasteiger partial charge is 0.0829 e. The molecule has 2 aliphatic rings. The summed E-state index contributed by atoms with van der Waals surface area (Å²) >= 11 is 0. The summed E-state index contributed by atoms with van der Waals surface area (Å²) in [5, 5.41) is 8.69. The molecule has 17 heavy (non-hydrogen) atoms. The van der Waals surface area contributed by atoms with E-state index in [2.05, 4.69) is 22.8 Å². The Bertz CT molecular complexity index is 272. The molecule has 4 nitrogen and oxygen atoms in total. The molecule has 1 saturated carbocycles. The highest BCUT2D eigenvalue weighted by Gasteiger charge is 2.31. The van der Waals surface area contributed by atoms with Crippen molar-refractivity contribution in [2.75, 3.05) is 39.3 Å². The lowest BCUT2D eigenvalue weighted by Gasteiger charge is -2.35. The minimum atomic E-state index is 0.336. The van der Waals surface area contributed by atoms with Crippen LogP contribution in [0.25, 0.3) is 0 Å². The predicted molar refractivity (Wildman–Crippen MR) is 66.7 cm³/mol. The van der Waals surface area contributed by atoms with E-state index in [-0.39, 0.29) is 0 Å². The molecule has 1 saturated heterocycles. The highest BCUT2D eigenvalue weighted by atomic mass is 16.5. The van der Waals surface area contributed by atoms with Crippen LogP contribution in [0.1, 0.15) is 26.2 Å². The minimum Gasteiger partial charge on any atom is -0.374 e. The monoisotopic (exact) mass is 237 g/mol. The maximum atomic E-state index is 8.69. The van der Waals surface area contributed by atoms with Gasteiger partial charge < -0.3 is 4.74 Å². The third-order valence-electron chi connectivity index (χ3n) is 3.68. The van der Waals surface area contributed by atoms with E-state index in [1.54, 1.807) is 0 Å². The Hall–Kier alpha value is -0.630. The number of likely N-dealkylation sites (N-methyl/N-ethyl adjacent to an activating group) is 1. The van der Waals surface area contributed by atoms with Crippen LogP contribution in [0.2, 0.25) is 0 Å². The summed E-state index contributed by atoms with van der Waals surface area (Å²) in [6.07, 6.45) is 3.58. The van der Waals surface area contributed by atoms with Crippen LogP contribution in [0.5, 0.6) is 0 Å². The van der Waals surface area contributed by atoms with Crippen LogP contribution in [-0.2, 0) is 4.74 Å². The van der Waals surface area contributed by atoms with E-state index in [9.17, 15) is 0 Å². The van der Waals surface area contributed by atoms with Gasteiger partial charge in [-0.1, -0.05) is 6.92 Å². The molecule has 0 radical (unpaired) electrons. The molecule has 1 heterocycles. The lowest BCUT2D eigenvalue weighted by molar-refractivity contribution is -0.0426. The maximum Gasteiger partial charge on any atom is 0.0829 e. The van der Waals surface area contributed by atoms with Crippen molar-refractivity contribution >= 4 is 0 Å². The minimum absolute atomic E-state index is 0.336. The molecule has 0 bridgehead atoms. The first-order valence-electron chi connectivity index (χ1n) is 6.78. The molecule has 1 atom stereocenters. The van der Waals surface area contributed by atoms with Crippen molar-refractivity contribution in [3.63, 3.8) is 0 Å². The van der Waals surface area contributed by atoms with E-state index in [1.165, 1.54) is 12.8 Å². The van der Waals surface area contributed by atoms with Crippen molar-refractivity contribution < 1.29 is 4.74 Å². The highest BCUT2D eigenvalue weighted by molar-refractivity contribution is 4.88. The van der Waals surface area contributed by atoms with Gasteiger partial charge in [0, 0.05) is 38.6 Å². The second-order valence-electron chi connectivity index (χ2n) is 5.02. The van der Waals surface area contributed by atoms with Crippen LogP contribution in [0.4, 0.5) is 0 Å². The van der Waals surface area contributed by atoms with Crippen molar-refractivity contribution in [3.8, 4) is 6.07 Å². The fraction of sp³-hybridized carbons (Fsp3) is 0.923. The summed E-state index contributed by atoms with van der Waals surface area (Å²) < 4.78 is 5.83. The zero-order valence-corrected chi connectivity index (χ0v) is 10.8. The Kier molecular flexibility index (Phi) is 4.78. The Labute approximate surface area is 104 Å². The van der Waals surface area contributed by atoms with Crippen molar-refractivity contribution in [2.45, 2.75) is 38.3 Å². The van der Waals surface area contributed by atoms with Crippen LogP contribution in [0.3, 0.4) is 0 Å². The first kappa shape index (κ1) is 12.8. The Balaban J connectivity index is 1.78. The third kappa shape index (κ3) is 3.95. The molecular weight excluding hydrogens is 214 g/mol. The van der Waals surface area contributed by atoms with Crippen LogP contribution in [0.15, 0.2) is 0 Å². The number of hydrogen-bond donors (Lipinski definition) is 0. The molecule has 4 heteroatoms. The van der Waals surface area contributed by atoms with Gasteiger partial charge in [-0.2, -0.15) is 5.26 Å². The molecule has 0 amide bonds. The number of hydrogen-bond acceptors (Lipinski definition) is 4. The van der Waals surface area contributed by atoms with Crippen LogP contribution in [0, 0.1) is 11.3 Å². The third-order valence-corrected chi connectivity index (χ3v) is 3.68. The summed E-state index contributed by atoms with van der Waals surface area (Å²) in [6, 6.07) is 2.97. The van der Waals surface area contributed by atoms with Crippen LogP contribution in [-0.4, -0.2) is 61.3 Å². The maximum absolute atomic E-state index is 8.69. The number of nitrogens with zero attached hydrogens (tertiary/aromatic N) is 3. The van der Waals surface area contributed by atoms with Gasteiger partial charge in [0.15, 0.2) is 0 Å². The zero-order chi connectivity index (χ0) is 12.1. The van der Waals surface area contributed by atoms with Gasteiger partial charge in [0.1, 0.15) is 0 Å². The van der Waals surface area contributed by atoms with Gasteiger partial charge in [0.05, 0.1) is 18.8 Å². The van der Waals surface area contributed by atoms with E-state index in [0.29, 0.717) is 12.5 Å². The van der Waals surface area contributed by atoms with Gasteiger partial charge in [-0.25, -0.2) is 0 Å². The average Bonchev–Trinajstić information content (AvgIpc) is 3.19. The van der Waals surface area contributed by atoms with E-state index in [1.807, 2.05) is 0 Å². The number of nitriles is 1. The fourth-order valence-electron chi connectivity index (χ4n) is 2.50. The SMILES string of the molecule is CCN1CCOC(CN(CCC#N)C2CC2)C1. The quantitative estimate of drug-likeness (QED) is 0.693. The molecule has 0 aromatic heterocycles.